The molecule has 0 rings (SSSR count). The predicted octanol–water partition coefficient (Wildman–Crippen LogP) is 0.997. The molecule has 0 fully saturated rings. The first kappa shape index (κ1) is 16.3. The van der Waals surface area contributed by atoms with Gasteiger partial charge in [-0.3, -0.25) is 4.79 Å². The highest BCUT2D eigenvalue weighted by molar-refractivity contribution is 8.00. The fourth-order valence-corrected chi connectivity index (χ4v) is 0.922. The van der Waals surface area contributed by atoms with Crippen LogP contribution in [-0.4, -0.2) is 37.3 Å². The van der Waals surface area contributed by atoms with Gasteiger partial charge in [0, 0.05) is 13.1 Å². The van der Waals surface area contributed by atoms with Crippen molar-refractivity contribution in [2.75, 3.05) is 25.9 Å². The smallest absolute Gasteiger partial charge is 0.354 e. The standard InChI is InChI=1S/C6H11F3N2OS.ClH/c1-10-2-3-11-5(12)4-13-6(7,8)9;/h10H,2-4H2,1H3,(H,11,12);1H. The number of amides is 1. The zero-order chi connectivity index (χ0) is 10.3. The van der Waals surface area contributed by atoms with Gasteiger partial charge in [0.2, 0.25) is 5.91 Å². The summed E-state index contributed by atoms with van der Waals surface area (Å²) in [6, 6.07) is 0. The third-order valence-electron chi connectivity index (χ3n) is 1.06. The molecule has 0 aromatic carbocycles. The summed E-state index contributed by atoms with van der Waals surface area (Å²) in [5.74, 6) is -1.18. The monoisotopic (exact) mass is 252 g/mol. The summed E-state index contributed by atoms with van der Waals surface area (Å²) >= 11 is -0.333. The Labute approximate surface area is 90.6 Å². The third kappa shape index (κ3) is 11.9. The normalized spacial score (nSPS) is 10.6. The predicted molar refractivity (Wildman–Crippen MR) is 52.7 cm³/mol. The lowest BCUT2D eigenvalue weighted by Gasteiger charge is -2.06. The van der Waals surface area contributed by atoms with Gasteiger partial charge in [0.25, 0.3) is 0 Å². The number of rotatable bonds is 5. The summed E-state index contributed by atoms with van der Waals surface area (Å²) in [4.78, 5) is 10.7. The lowest BCUT2D eigenvalue weighted by atomic mass is 10.6. The quantitative estimate of drug-likeness (QED) is 0.718. The largest absolute Gasteiger partial charge is 0.442 e. The molecular formula is C6H12ClF3N2OS. The highest BCUT2D eigenvalue weighted by atomic mass is 35.5. The van der Waals surface area contributed by atoms with E-state index in [9.17, 15) is 18.0 Å². The van der Waals surface area contributed by atoms with Crippen molar-refractivity contribution in [2.45, 2.75) is 5.51 Å². The van der Waals surface area contributed by atoms with Crippen LogP contribution < -0.4 is 10.6 Å². The van der Waals surface area contributed by atoms with Crippen LogP contribution in [0.1, 0.15) is 0 Å². The topological polar surface area (TPSA) is 41.1 Å². The Balaban J connectivity index is 0. The van der Waals surface area contributed by atoms with Gasteiger partial charge in [0.1, 0.15) is 0 Å². The number of carbonyl (C=O) groups excluding carboxylic acids is 1. The lowest BCUT2D eigenvalue weighted by Crippen LogP contribution is -2.32. The van der Waals surface area contributed by atoms with Crippen molar-refractivity contribution in [1.82, 2.24) is 10.6 Å². The molecule has 0 radical (unpaired) electrons. The zero-order valence-electron chi connectivity index (χ0n) is 7.48. The first-order valence-corrected chi connectivity index (χ1v) is 4.56. The SMILES string of the molecule is CNCCNC(=O)CSC(F)(F)F.Cl. The van der Waals surface area contributed by atoms with Gasteiger partial charge in [-0.05, 0) is 18.8 Å². The number of thioether (sulfide) groups is 1. The van der Waals surface area contributed by atoms with E-state index in [2.05, 4.69) is 10.6 Å². The van der Waals surface area contributed by atoms with E-state index in [-0.39, 0.29) is 24.2 Å². The molecule has 0 aliphatic heterocycles. The Hall–Kier alpha value is -0.140. The second kappa shape index (κ2) is 8.19. The molecule has 14 heavy (non-hydrogen) atoms. The van der Waals surface area contributed by atoms with Gasteiger partial charge < -0.3 is 10.6 Å². The van der Waals surface area contributed by atoms with Crippen LogP contribution in [0.2, 0.25) is 0 Å². The van der Waals surface area contributed by atoms with E-state index >= 15 is 0 Å². The Morgan fingerprint density at radius 2 is 1.93 bits per heavy atom. The van der Waals surface area contributed by atoms with Crippen LogP contribution in [-0.2, 0) is 4.79 Å². The molecule has 2 N–H and O–H groups in total. The van der Waals surface area contributed by atoms with Crippen molar-refractivity contribution >= 4 is 30.1 Å². The van der Waals surface area contributed by atoms with E-state index in [4.69, 9.17) is 0 Å². The highest BCUT2D eigenvalue weighted by Crippen LogP contribution is 2.29. The summed E-state index contributed by atoms with van der Waals surface area (Å²) in [6.07, 6.45) is 0. The van der Waals surface area contributed by atoms with E-state index in [1.807, 2.05) is 0 Å². The number of nitrogens with one attached hydrogen (secondary N) is 2. The van der Waals surface area contributed by atoms with E-state index in [0.29, 0.717) is 13.1 Å². The molecule has 0 aromatic rings. The van der Waals surface area contributed by atoms with Gasteiger partial charge in [-0.1, -0.05) is 0 Å². The molecular weight excluding hydrogens is 241 g/mol. The van der Waals surface area contributed by atoms with Crippen LogP contribution in [0.4, 0.5) is 13.2 Å². The van der Waals surface area contributed by atoms with Crippen LogP contribution in [0.5, 0.6) is 0 Å². The van der Waals surface area contributed by atoms with Crippen molar-refractivity contribution in [3.8, 4) is 0 Å². The summed E-state index contributed by atoms with van der Waals surface area (Å²) in [5, 5.41) is 5.09. The number of carbonyl (C=O) groups is 1. The van der Waals surface area contributed by atoms with Crippen molar-refractivity contribution in [1.29, 1.82) is 0 Å². The summed E-state index contributed by atoms with van der Waals surface area (Å²) in [5.41, 5.74) is -4.33. The lowest BCUT2D eigenvalue weighted by molar-refractivity contribution is -0.118. The molecule has 8 heteroatoms. The molecule has 1 amide bonds. The molecule has 3 nitrogen and oxygen atoms in total. The number of alkyl halides is 3. The average Bonchev–Trinajstić information content (AvgIpc) is 2.00. The average molecular weight is 253 g/mol. The maximum Gasteiger partial charge on any atom is 0.442 e. The zero-order valence-corrected chi connectivity index (χ0v) is 9.11. The number of likely N-dealkylation sites (N-methyl/N-ethyl adjacent to an activating group) is 1. The first-order chi connectivity index (χ1) is 5.95. The molecule has 0 atom stereocenters. The fraction of sp³-hybridized carbons (Fsp3) is 0.833. The Morgan fingerprint density at radius 1 is 1.36 bits per heavy atom. The van der Waals surface area contributed by atoms with E-state index in [1.54, 1.807) is 7.05 Å². The van der Waals surface area contributed by atoms with Crippen molar-refractivity contribution in [3.05, 3.63) is 0 Å². The molecule has 0 aromatic heterocycles. The van der Waals surface area contributed by atoms with Crippen LogP contribution in [0.3, 0.4) is 0 Å². The van der Waals surface area contributed by atoms with Crippen LogP contribution in [0.15, 0.2) is 0 Å². The van der Waals surface area contributed by atoms with Crippen molar-refractivity contribution in [2.24, 2.45) is 0 Å². The fourth-order valence-electron chi connectivity index (χ4n) is 0.525. The van der Waals surface area contributed by atoms with E-state index in [0.717, 1.165) is 0 Å². The minimum absolute atomic E-state index is 0. The van der Waals surface area contributed by atoms with Crippen LogP contribution in [0, 0.1) is 0 Å². The number of halogens is 4. The molecule has 0 saturated heterocycles. The minimum Gasteiger partial charge on any atom is -0.354 e. The van der Waals surface area contributed by atoms with Gasteiger partial charge in [-0.2, -0.15) is 13.2 Å². The molecule has 86 valence electrons. The summed E-state index contributed by atoms with van der Waals surface area (Å²) in [6.45, 7) is 0.885. The number of hydrogen-bond acceptors (Lipinski definition) is 3. The van der Waals surface area contributed by atoms with Gasteiger partial charge in [0.05, 0.1) is 5.75 Å². The molecule has 0 spiro atoms. The van der Waals surface area contributed by atoms with E-state index < -0.39 is 17.2 Å². The maximum absolute atomic E-state index is 11.6. The van der Waals surface area contributed by atoms with Crippen molar-refractivity contribution < 1.29 is 18.0 Å². The Bertz CT molecular complexity index is 168. The second-order valence-electron chi connectivity index (χ2n) is 2.19. The summed E-state index contributed by atoms with van der Waals surface area (Å²) < 4.78 is 34.7. The van der Waals surface area contributed by atoms with Gasteiger partial charge in [0.15, 0.2) is 0 Å². The second-order valence-corrected chi connectivity index (χ2v) is 3.23. The third-order valence-corrected chi connectivity index (χ3v) is 1.80. The van der Waals surface area contributed by atoms with Crippen LogP contribution >= 0.6 is 24.2 Å². The molecule has 0 aliphatic rings. The molecule has 0 heterocycles. The van der Waals surface area contributed by atoms with Crippen LogP contribution in [0.25, 0.3) is 0 Å². The minimum atomic E-state index is -4.33. The molecule has 0 saturated carbocycles. The van der Waals surface area contributed by atoms with Gasteiger partial charge in [-0.25, -0.2) is 0 Å². The number of hydrogen-bond donors (Lipinski definition) is 2. The highest BCUT2D eigenvalue weighted by Gasteiger charge is 2.28. The molecule has 0 aliphatic carbocycles. The first-order valence-electron chi connectivity index (χ1n) is 3.57. The Morgan fingerprint density at radius 3 is 2.36 bits per heavy atom. The molecule has 0 unspecified atom stereocenters. The van der Waals surface area contributed by atoms with Gasteiger partial charge in [-0.15, -0.1) is 12.4 Å². The molecule has 0 bridgehead atoms. The maximum atomic E-state index is 11.6. The van der Waals surface area contributed by atoms with Crippen molar-refractivity contribution in [3.63, 3.8) is 0 Å². The van der Waals surface area contributed by atoms with E-state index in [1.165, 1.54) is 0 Å². The van der Waals surface area contributed by atoms with Gasteiger partial charge >= 0.3 is 5.51 Å². The summed E-state index contributed by atoms with van der Waals surface area (Å²) in [7, 11) is 1.69. The Kier molecular flexibility index (Phi) is 9.53.